The number of halogens is 10. The lowest BCUT2D eigenvalue weighted by molar-refractivity contribution is -0.295. The second kappa shape index (κ2) is 14.6. The molecule has 4 aromatic carbocycles. The van der Waals surface area contributed by atoms with Gasteiger partial charge in [-0.1, -0.05) is 115 Å². The molecule has 0 aliphatic carbocycles. The maximum Gasteiger partial charge on any atom is 0.598 e. The maximum atomic E-state index is 14.4. The molecule has 0 bridgehead atoms. The summed E-state index contributed by atoms with van der Waals surface area (Å²) in [5, 5.41) is 0. The maximum absolute atomic E-state index is 14.4. The summed E-state index contributed by atoms with van der Waals surface area (Å²) in [6, 6.07) is 32.2. The summed E-state index contributed by atoms with van der Waals surface area (Å²) in [4.78, 5) is 4.95. The highest BCUT2D eigenvalue weighted by molar-refractivity contribution is 6.44. The summed E-state index contributed by atoms with van der Waals surface area (Å²) < 4.78 is 149. The van der Waals surface area contributed by atoms with Gasteiger partial charge < -0.3 is 13.8 Å². The SMILES string of the molecule is C/C(=C1/N=C(c2ccc(C)cc2)c2ccccc21)c1c(-c2ccccc2)cc(-c2ccccc2)n1B(OCC(F)(F)C(F)(F)F)OCC(F)(F)C(F)(F)F. The van der Waals surface area contributed by atoms with Crippen LogP contribution in [0.5, 0.6) is 0 Å². The molecule has 0 N–H and O–H groups in total. The first kappa shape index (κ1) is 38.6. The summed E-state index contributed by atoms with van der Waals surface area (Å²) in [6.07, 6.45) is -12.3. The van der Waals surface area contributed by atoms with Gasteiger partial charge in [-0.2, -0.15) is 43.9 Å². The molecule has 0 saturated carbocycles. The molecular formula is C39H29BF10N2O2. The van der Waals surface area contributed by atoms with E-state index in [1.54, 1.807) is 73.7 Å². The molecular weight excluding hydrogens is 729 g/mol. The van der Waals surface area contributed by atoms with Crippen molar-refractivity contribution in [3.05, 3.63) is 143 Å². The van der Waals surface area contributed by atoms with Crippen molar-refractivity contribution >= 4 is 24.2 Å². The Labute approximate surface area is 303 Å². The Kier molecular flexibility index (Phi) is 10.4. The van der Waals surface area contributed by atoms with E-state index in [1.807, 2.05) is 37.3 Å². The molecule has 0 fully saturated rings. The molecule has 54 heavy (non-hydrogen) atoms. The van der Waals surface area contributed by atoms with E-state index >= 15 is 0 Å². The molecule has 6 rings (SSSR count). The van der Waals surface area contributed by atoms with E-state index in [1.165, 1.54) is 18.2 Å². The van der Waals surface area contributed by atoms with E-state index in [-0.39, 0.29) is 22.5 Å². The molecule has 0 radical (unpaired) electrons. The molecule has 5 aromatic rings. The standard InChI is InChI=1S/C39H29BF10N2O2/c1-24-17-19-28(20-18-24)34-30-16-10-9-15-29(30)33(51-34)25(2)35-31(26-11-5-3-6-12-26)21-32(27-13-7-4-8-14-27)52(35)40(53-22-36(41,42)38(45,46)47)54-23-37(43,44)39(48,49)50/h3-21H,22-23H2,1-2H3/b33-25-. The number of aromatic nitrogens is 1. The van der Waals surface area contributed by atoms with Crippen LogP contribution in [0.25, 0.3) is 33.7 Å². The van der Waals surface area contributed by atoms with E-state index in [0.717, 1.165) is 15.6 Å². The molecule has 0 unspecified atom stereocenters. The Hall–Kier alpha value is -5.15. The van der Waals surface area contributed by atoms with Gasteiger partial charge in [-0.05, 0) is 36.6 Å². The first-order chi connectivity index (χ1) is 25.4. The third-order valence-corrected chi connectivity index (χ3v) is 8.74. The lowest BCUT2D eigenvalue weighted by Gasteiger charge is -2.27. The van der Waals surface area contributed by atoms with Crippen LogP contribution in [0.4, 0.5) is 43.9 Å². The summed E-state index contributed by atoms with van der Waals surface area (Å²) >= 11 is 0. The van der Waals surface area contributed by atoms with Crippen molar-refractivity contribution in [1.29, 1.82) is 0 Å². The van der Waals surface area contributed by atoms with Crippen molar-refractivity contribution in [3.63, 3.8) is 0 Å². The Balaban J connectivity index is 1.66. The Bertz CT molecular complexity index is 2150. The topological polar surface area (TPSA) is 35.8 Å². The van der Waals surface area contributed by atoms with E-state index in [9.17, 15) is 43.9 Å². The van der Waals surface area contributed by atoms with Crippen molar-refractivity contribution in [2.45, 2.75) is 38.0 Å². The molecule has 0 atom stereocenters. The van der Waals surface area contributed by atoms with Crippen molar-refractivity contribution in [2.75, 3.05) is 13.2 Å². The molecule has 1 aromatic heterocycles. The van der Waals surface area contributed by atoms with Gasteiger partial charge in [0.2, 0.25) is 0 Å². The number of rotatable bonds is 11. The lowest BCUT2D eigenvalue weighted by atomic mass is 9.94. The minimum absolute atomic E-state index is 0.0191. The van der Waals surface area contributed by atoms with Gasteiger partial charge in [-0.15, -0.1) is 0 Å². The van der Waals surface area contributed by atoms with Gasteiger partial charge in [-0.3, -0.25) is 0 Å². The number of hydrogen-bond acceptors (Lipinski definition) is 3. The summed E-state index contributed by atoms with van der Waals surface area (Å²) in [7, 11) is -2.68. The molecule has 2 heterocycles. The smallest absolute Gasteiger partial charge is 0.385 e. The lowest BCUT2D eigenvalue weighted by Crippen LogP contribution is -2.48. The van der Waals surface area contributed by atoms with Gasteiger partial charge in [0.05, 0.1) is 11.4 Å². The molecule has 280 valence electrons. The zero-order valence-corrected chi connectivity index (χ0v) is 28.5. The fraction of sp³-hybridized carbons (Fsp3) is 0.205. The molecule has 1 aliphatic rings. The number of fused-ring (bicyclic) bond motifs is 1. The predicted molar refractivity (Wildman–Crippen MR) is 186 cm³/mol. The Morgan fingerprint density at radius 1 is 0.593 bits per heavy atom. The van der Waals surface area contributed by atoms with E-state index < -0.39 is 44.7 Å². The minimum Gasteiger partial charge on any atom is -0.385 e. The Morgan fingerprint density at radius 2 is 1.07 bits per heavy atom. The second-order valence-electron chi connectivity index (χ2n) is 12.6. The highest BCUT2D eigenvalue weighted by Gasteiger charge is 2.60. The first-order valence-corrected chi connectivity index (χ1v) is 16.3. The van der Waals surface area contributed by atoms with Gasteiger partial charge in [0.1, 0.15) is 13.2 Å². The van der Waals surface area contributed by atoms with E-state index in [0.29, 0.717) is 33.7 Å². The van der Waals surface area contributed by atoms with Gasteiger partial charge in [0.15, 0.2) is 0 Å². The highest BCUT2D eigenvalue weighted by Crippen LogP contribution is 2.44. The average Bonchev–Trinajstić information content (AvgIpc) is 3.72. The minimum atomic E-state index is -6.16. The van der Waals surface area contributed by atoms with Crippen molar-refractivity contribution in [1.82, 2.24) is 4.48 Å². The van der Waals surface area contributed by atoms with Gasteiger partial charge in [0.25, 0.3) is 0 Å². The van der Waals surface area contributed by atoms with E-state index in [4.69, 9.17) is 14.3 Å². The van der Waals surface area contributed by atoms with Crippen LogP contribution in [0.3, 0.4) is 0 Å². The van der Waals surface area contributed by atoms with Crippen LogP contribution in [0.15, 0.2) is 120 Å². The van der Waals surface area contributed by atoms with Crippen LogP contribution in [-0.4, -0.2) is 54.9 Å². The van der Waals surface area contributed by atoms with Crippen molar-refractivity contribution < 1.29 is 53.2 Å². The zero-order valence-electron chi connectivity index (χ0n) is 28.5. The number of hydrogen-bond donors (Lipinski definition) is 0. The fourth-order valence-corrected chi connectivity index (χ4v) is 5.97. The number of aliphatic imine (C=N–C) groups is 1. The number of allylic oxidation sites excluding steroid dienone is 1. The third kappa shape index (κ3) is 7.60. The average molecular weight is 758 g/mol. The van der Waals surface area contributed by atoms with Crippen LogP contribution in [0.1, 0.15) is 34.9 Å². The molecule has 1 aliphatic heterocycles. The van der Waals surface area contributed by atoms with Gasteiger partial charge in [-0.25, -0.2) is 4.99 Å². The number of nitrogens with zero attached hydrogens (tertiary/aromatic N) is 2. The summed E-state index contributed by atoms with van der Waals surface area (Å²) in [5.41, 5.74) is 5.08. The molecule has 0 spiro atoms. The zero-order chi connectivity index (χ0) is 39.1. The van der Waals surface area contributed by atoms with E-state index in [2.05, 4.69) is 0 Å². The second-order valence-corrected chi connectivity index (χ2v) is 12.6. The quantitative estimate of drug-likeness (QED) is 0.0993. The Morgan fingerprint density at radius 3 is 1.59 bits per heavy atom. The normalized spacial score (nSPS) is 14.6. The van der Waals surface area contributed by atoms with Crippen molar-refractivity contribution in [3.8, 4) is 22.4 Å². The molecule has 0 saturated heterocycles. The third-order valence-electron chi connectivity index (χ3n) is 8.74. The number of alkyl halides is 10. The first-order valence-electron chi connectivity index (χ1n) is 16.3. The molecule has 15 heteroatoms. The number of aryl methyl sites for hydroxylation is 1. The van der Waals surface area contributed by atoms with Gasteiger partial charge >= 0.3 is 31.5 Å². The highest BCUT2D eigenvalue weighted by atomic mass is 19.4. The van der Waals surface area contributed by atoms with Crippen LogP contribution in [-0.2, 0) is 9.31 Å². The largest absolute Gasteiger partial charge is 0.598 e. The van der Waals surface area contributed by atoms with Crippen LogP contribution in [0, 0.1) is 6.92 Å². The number of benzene rings is 4. The predicted octanol–water partition coefficient (Wildman–Crippen LogP) is 11.1. The van der Waals surface area contributed by atoms with Crippen molar-refractivity contribution in [2.24, 2.45) is 4.99 Å². The molecule has 0 amide bonds. The monoisotopic (exact) mass is 758 g/mol. The fourth-order valence-electron chi connectivity index (χ4n) is 5.97. The van der Waals surface area contributed by atoms with Crippen LogP contribution >= 0.6 is 0 Å². The van der Waals surface area contributed by atoms with Gasteiger partial charge in [0, 0.05) is 33.6 Å². The molecule has 4 nitrogen and oxygen atoms in total. The summed E-state index contributed by atoms with van der Waals surface area (Å²) in [5.74, 6) is -11.1. The summed E-state index contributed by atoms with van der Waals surface area (Å²) in [6.45, 7) is -1.48. The van der Waals surface area contributed by atoms with Crippen LogP contribution < -0.4 is 0 Å². The van der Waals surface area contributed by atoms with Crippen LogP contribution in [0.2, 0.25) is 0 Å².